The van der Waals surface area contributed by atoms with E-state index in [-0.39, 0.29) is 6.04 Å². The number of nitrogens with two attached hydrogens (primary N) is 1. The molecule has 1 rings (SSSR count). The third kappa shape index (κ3) is 3.91. The largest absolute Gasteiger partial charge is 0.493 e. The molecule has 0 aliphatic heterocycles. The summed E-state index contributed by atoms with van der Waals surface area (Å²) in [7, 11) is 3.30. The Morgan fingerprint density at radius 3 is 2.59 bits per heavy atom. The SMILES string of the molecule is CCOc1cc(C(N)CCOC)ccc1OC. The molecule has 0 aromatic heterocycles. The highest BCUT2D eigenvalue weighted by Crippen LogP contribution is 2.30. The fourth-order valence-corrected chi connectivity index (χ4v) is 1.60. The minimum absolute atomic E-state index is 0.0416. The number of benzene rings is 1. The van der Waals surface area contributed by atoms with Crippen LogP contribution in [0.5, 0.6) is 11.5 Å². The molecule has 17 heavy (non-hydrogen) atoms. The van der Waals surface area contributed by atoms with Gasteiger partial charge in [0.1, 0.15) is 0 Å². The van der Waals surface area contributed by atoms with Gasteiger partial charge in [-0.2, -0.15) is 0 Å². The zero-order chi connectivity index (χ0) is 12.7. The Morgan fingerprint density at radius 1 is 1.24 bits per heavy atom. The van der Waals surface area contributed by atoms with Crippen molar-refractivity contribution in [3.63, 3.8) is 0 Å². The zero-order valence-electron chi connectivity index (χ0n) is 10.7. The van der Waals surface area contributed by atoms with E-state index in [1.807, 2.05) is 25.1 Å². The summed E-state index contributed by atoms with van der Waals surface area (Å²) < 4.78 is 15.8. The summed E-state index contributed by atoms with van der Waals surface area (Å²) in [5, 5.41) is 0. The highest BCUT2D eigenvalue weighted by atomic mass is 16.5. The molecule has 0 heterocycles. The number of rotatable bonds is 7. The Kier molecular flexibility index (Phi) is 5.80. The van der Waals surface area contributed by atoms with Crippen LogP contribution in [-0.2, 0) is 4.74 Å². The van der Waals surface area contributed by atoms with Crippen molar-refractivity contribution in [2.45, 2.75) is 19.4 Å². The van der Waals surface area contributed by atoms with Crippen LogP contribution in [-0.4, -0.2) is 27.4 Å². The molecule has 1 atom stereocenters. The Hall–Kier alpha value is -1.26. The lowest BCUT2D eigenvalue weighted by Gasteiger charge is -2.15. The molecule has 0 bridgehead atoms. The van der Waals surface area contributed by atoms with E-state index in [1.54, 1.807) is 14.2 Å². The molecule has 1 unspecified atom stereocenters. The van der Waals surface area contributed by atoms with E-state index in [0.717, 1.165) is 23.5 Å². The molecule has 0 aliphatic rings. The van der Waals surface area contributed by atoms with Crippen molar-refractivity contribution < 1.29 is 14.2 Å². The quantitative estimate of drug-likeness (QED) is 0.792. The normalized spacial score (nSPS) is 12.2. The van der Waals surface area contributed by atoms with Gasteiger partial charge in [-0.05, 0) is 31.0 Å². The summed E-state index contributed by atoms with van der Waals surface area (Å²) in [6, 6.07) is 5.73. The van der Waals surface area contributed by atoms with Gasteiger partial charge in [0.05, 0.1) is 13.7 Å². The fourth-order valence-electron chi connectivity index (χ4n) is 1.60. The summed E-state index contributed by atoms with van der Waals surface area (Å²) in [6.07, 6.45) is 0.786. The Labute approximate surface area is 103 Å². The average molecular weight is 239 g/mol. The fraction of sp³-hybridized carbons (Fsp3) is 0.538. The first-order valence-corrected chi connectivity index (χ1v) is 5.78. The van der Waals surface area contributed by atoms with Crippen molar-refractivity contribution in [1.82, 2.24) is 0 Å². The molecule has 0 radical (unpaired) electrons. The molecule has 4 heteroatoms. The lowest BCUT2D eigenvalue weighted by atomic mass is 10.0. The number of ether oxygens (including phenoxy) is 3. The first kappa shape index (κ1) is 13.8. The van der Waals surface area contributed by atoms with Gasteiger partial charge in [0.2, 0.25) is 0 Å². The van der Waals surface area contributed by atoms with Gasteiger partial charge >= 0.3 is 0 Å². The van der Waals surface area contributed by atoms with E-state index in [1.165, 1.54) is 0 Å². The van der Waals surface area contributed by atoms with Gasteiger partial charge in [0, 0.05) is 19.8 Å². The second kappa shape index (κ2) is 7.14. The molecule has 0 fully saturated rings. The molecule has 1 aromatic carbocycles. The van der Waals surface area contributed by atoms with Gasteiger partial charge in [0.15, 0.2) is 11.5 Å². The molecular formula is C13H21NO3. The molecule has 0 spiro atoms. The summed E-state index contributed by atoms with van der Waals surface area (Å²) in [5.41, 5.74) is 7.09. The van der Waals surface area contributed by atoms with E-state index in [2.05, 4.69) is 0 Å². The highest BCUT2D eigenvalue weighted by molar-refractivity contribution is 5.43. The molecule has 2 N–H and O–H groups in total. The lowest BCUT2D eigenvalue weighted by Crippen LogP contribution is -2.13. The lowest BCUT2D eigenvalue weighted by molar-refractivity contribution is 0.188. The minimum atomic E-state index is -0.0416. The van der Waals surface area contributed by atoms with Crippen LogP contribution >= 0.6 is 0 Å². The van der Waals surface area contributed by atoms with Crippen molar-refractivity contribution in [2.75, 3.05) is 27.4 Å². The Balaban J connectivity index is 2.83. The Morgan fingerprint density at radius 2 is 2.00 bits per heavy atom. The number of hydrogen-bond donors (Lipinski definition) is 1. The second-order valence-corrected chi connectivity index (χ2v) is 3.73. The maximum atomic E-state index is 6.06. The topological polar surface area (TPSA) is 53.7 Å². The molecule has 96 valence electrons. The van der Waals surface area contributed by atoms with E-state index in [9.17, 15) is 0 Å². The van der Waals surface area contributed by atoms with Crippen LogP contribution in [0.25, 0.3) is 0 Å². The van der Waals surface area contributed by atoms with Crippen molar-refractivity contribution >= 4 is 0 Å². The minimum Gasteiger partial charge on any atom is -0.493 e. The molecule has 4 nitrogen and oxygen atoms in total. The summed E-state index contributed by atoms with van der Waals surface area (Å²) >= 11 is 0. The van der Waals surface area contributed by atoms with Crippen LogP contribution in [0.1, 0.15) is 24.9 Å². The van der Waals surface area contributed by atoms with Crippen LogP contribution < -0.4 is 15.2 Å². The van der Waals surface area contributed by atoms with Gasteiger partial charge in [-0.25, -0.2) is 0 Å². The van der Waals surface area contributed by atoms with Crippen LogP contribution in [0, 0.1) is 0 Å². The molecule has 1 aromatic rings. The number of hydrogen-bond acceptors (Lipinski definition) is 4. The van der Waals surface area contributed by atoms with Crippen molar-refractivity contribution in [2.24, 2.45) is 5.73 Å². The maximum absolute atomic E-state index is 6.06. The van der Waals surface area contributed by atoms with Crippen molar-refractivity contribution in [1.29, 1.82) is 0 Å². The maximum Gasteiger partial charge on any atom is 0.161 e. The van der Waals surface area contributed by atoms with E-state index >= 15 is 0 Å². The van der Waals surface area contributed by atoms with Crippen molar-refractivity contribution in [3.05, 3.63) is 23.8 Å². The predicted molar refractivity (Wildman–Crippen MR) is 67.6 cm³/mol. The third-order valence-corrected chi connectivity index (χ3v) is 2.55. The summed E-state index contributed by atoms with van der Waals surface area (Å²) in [5.74, 6) is 1.47. The van der Waals surface area contributed by atoms with E-state index in [4.69, 9.17) is 19.9 Å². The van der Waals surface area contributed by atoms with Crippen LogP contribution in [0.15, 0.2) is 18.2 Å². The van der Waals surface area contributed by atoms with E-state index < -0.39 is 0 Å². The van der Waals surface area contributed by atoms with Crippen LogP contribution in [0.4, 0.5) is 0 Å². The van der Waals surface area contributed by atoms with Gasteiger partial charge in [-0.15, -0.1) is 0 Å². The second-order valence-electron chi connectivity index (χ2n) is 3.73. The Bertz CT molecular complexity index is 341. The van der Waals surface area contributed by atoms with Gasteiger partial charge in [-0.3, -0.25) is 0 Å². The summed E-state index contributed by atoms with van der Waals surface area (Å²) in [4.78, 5) is 0. The van der Waals surface area contributed by atoms with Crippen LogP contribution in [0.3, 0.4) is 0 Å². The van der Waals surface area contributed by atoms with E-state index in [0.29, 0.717) is 13.2 Å². The zero-order valence-corrected chi connectivity index (χ0v) is 10.7. The average Bonchev–Trinajstić information content (AvgIpc) is 2.36. The molecule has 0 amide bonds. The van der Waals surface area contributed by atoms with Gasteiger partial charge < -0.3 is 19.9 Å². The smallest absolute Gasteiger partial charge is 0.161 e. The highest BCUT2D eigenvalue weighted by Gasteiger charge is 2.10. The van der Waals surface area contributed by atoms with Crippen molar-refractivity contribution in [3.8, 4) is 11.5 Å². The monoisotopic (exact) mass is 239 g/mol. The molecule has 0 saturated carbocycles. The van der Waals surface area contributed by atoms with Crippen LogP contribution in [0.2, 0.25) is 0 Å². The number of methoxy groups -OCH3 is 2. The molecular weight excluding hydrogens is 218 g/mol. The molecule has 0 aliphatic carbocycles. The first-order valence-electron chi connectivity index (χ1n) is 5.78. The first-order chi connectivity index (χ1) is 8.22. The van der Waals surface area contributed by atoms with Gasteiger partial charge in [0.25, 0.3) is 0 Å². The standard InChI is InChI=1S/C13H21NO3/c1-4-17-13-9-10(5-6-12(13)16-3)11(14)7-8-15-2/h5-6,9,11H,4,7-8,14H2,1-3H3. The predicted octanol–water partition coefficient (Wildman–Crippen LogP) is 2.13. The van der Waals surface area contributed by atoms with Gasteiger partial charge in [-0.1, -0.05) is 6.07 Å². The molecule has 0 saturated heterocycles. The summed E-state index contributed by atoms with van der Waals surface area (Å²) in [6.45, 7) is 3.20. The third-order valence-electron chi connectivity index (χ3n) is 2.55.